The first-order valence-electron chi connectivity index (χ1n) is 10.5. The number of sulfonamides is 1. The van der Waals surface area contributed by atoms with Crippen LogP contribution in [0.4, 0.5) is 5.82 Å². The van der Waals surface area contributed by atoms with Crippen molar-refractivity contribution in [1.29, 1.82) is 0 Å². The lowest BCUT2D eigenvalue weighted by atomic mass is 10.1. The van der Waals surface area contributed by atoms with Crippen LogP contribution in [0.3, 0.4) is 0 Å². The van der Waals surface area contributed by atoms with Gasteiger partial charge in [-0.25, -0.2) is 13.4 Å². The first kappa shape index (κ1) is 20.3. The second kappa shape index (κ2) is 8.81. The summed E-state index contributed by atoms with van der Waals surface area (Å²) < 4.78 is 27.0. The molecule has 4 rings (SSSR count). The van der Waals surface area contributed by atoms with Crippen LogP contribution in [0.25, 0.3) is 0 Å². The van der Waals surface area contributed by atoms with Gasteiger partial charge in [-0.3, -0.25) is 4.90 Å². The van der Waals surface area contributed by atoms with Gasteiger partial charge in [0.25, 0.3) is 0 Å². The maximum Gasteiger partial charge on any atom is 0.244 e. The minimum absolute atomic E-state index is 0.303. The van der Waals surface area contributed by atoms with Crippen molar-refractivity contribution in [2.75, 3.05) is 37.6 Å². The van der Waals surface area contributed by atoms with Crippen molar-refractivity contribution < 1.29 is 8.42 Å². The number of aromatic nitrogens is 1. The van der Waals surface area contributed by atoms with Crippen molar-refractivity contribution in [2.45, 2.75) is 43.7 Å². The maximum absolute atomic E-state index is 12.7. The Bertz CT molecular complexity index is 896. The molecular weight excluding hydrogens is 384 g/mol. The van der Waals surface area contributed by atoms with Crippen LogP contribution in [0.5, 0.6) is 0 Å². The molecular formula is C22H30N4O2S. The monoisotopic (exact) mass is 414 g/mol. The molecule has 2 aromatic rings. The van der Waals surface area contributed by atoms with E-state index in [1.165, 1.54) is 11.8 Å². The molecule has 0 saturated carbocycles. The third-order valence-corrected chi connectivity index (χ3v) is 7.96. The predicted molar refractivity (Wildman–Crippen MR) is 115 cm³/mol. The van der Waals surface area contributed by atoms with Gasteiger partial charge in [-0.05, 0) is 43.9 Å². The summed E-state index contributed by atoms with van der Waals surface area (Å²) in [6.45, 7) is 7.25. The molecule has 2 aliphatic rings. The van der Waals surface area contributed by atoms with E-state index in [-0.39, 0.29) is 0 Å². The van der Waals surface area contributed by atoms with E-state index in [1.54, 1.807) is 10.4 Å². The summed E-state index contributed by atoms with van der Waals surface area (Å²) in [5.74, 6) is 0.860. The molecule has 0 aliphatic carbocycles. The first-order chi connectivity index (χ1) is 14.0. The summed E-state index contributed by atoms with van der Waals surface area (Å²) in [6, 6.07) is 14.7. The van der Waals surface area contributed by atoms with Crippen LogP contribution >= 0.6 is 0 Å². The minimum atomic E-state index is -3.40. The smallest absolute Gasteiger partial charge is 0.244 e. The summed E-state index contributed by atoms with van der Waals surface area (Å²) in [5, 5.41) is 0. The van der Waals surface area contributed by atoms with Gasteiger partial charge in [-0.15, -0.1) is 0 Å². The lowest BCUT2D eigenvalue weighted by Gasteiger charge is -2.26. The van der Waals surface area contributed by atoms with Gasteiger partial charge in [0.05, 0.1) is 0 Å². The third-order valence-electron chi connectivity index (χ3n) is 6.07. The van der Waals surface area contributed by atoms with Gasteiger partial charge in [0.1, 0.15) is 10.7 Å². The number of benzene rings is 1. The molecule has 1 unspecified atom stereocenters. The van der Waals surface area contributed by atoms with Crippen LogP contribution in [0.15, 0.2) is 53.6 Å². The van der Waals surface area contributed by atoms with Gasteiger partial charge in [0.2, 0.25) is 10.0 Å². The van der Waals surface area contributed by atoms with Gasteiger partial charge in [-0.2, -0.15) is 4.31 Å². The summed E-state index contributed by atoms with van der Waals surface area (Å²) in [6.07, 6.45) is 4.47. The number of anilines is 1. The van der Waals surface area contributed by atoms with Crippen LogP contribution in [-0.4, -0.2) is 61.4 Å². The van der Waals surface area contributed by atoms with E-state index in [4.69, 9.17) is 0 Å². The molecule has 2 saturated heterocycles. The Morgan fingerprint density at radius 1 is 0.966 bits per heavy atom. The second-order valence-electron chi connectivity index (χ2n) is 8.04. The molecule has 0 bridgehead atoms. The Morgan fingerprint density at radius 2 is 1.72 bits per heavy atom. The molecule has 2 aliphatic heterocycles. The molecule has 1 aromatic carbocycles. The average molecular weight is 415 g/mol. The topological polar surface area (TPSA) is 56.8 Å². The van der Waals surface area contributed by atoms with Gasteiger partial charge in [-0.1, -0.05) is 30.3 Å². The SMILES string of the molecule is CC1CCN(c2ccc(S(=O)(=O)N3CCCC3)cn2)CCN1Cc1ccccc1. The van der Waals surface area contributed by atoms with E-state index in [1.807, 2.05) is 6.07 Å². The van der Waals surface area contributed by atoms with Crippen molar-refractivity contribution in [2.24, 2.45) is 0 Å². The molecule has 7 heteroatoms. The highest BCUT2D eigenvalue weighted by Crippen LogP contribution is 2.23. The molecule has 0 radical (unpaired) electrons. The van der Waals surface area contributed by atoms with E-state index in [0.717, 1.165) is 51.3 Å². The lowest BCUT2D eigenvalue weighted by molar-refractivity contribution is 0.212. The molecule has 0 N–H and O–H groups in total. The Kier molecular flexibility index (Phi) is 6.18. The zero-order valence-electron chi connectivity index (χ0n) is 17.1. The molecule has 2 fully saturated rings. The first-order valence-corrected chi connectivity index (χ1v) is 12.0. The molecule has 1 atom stereocenters. The molecule has 3 heterocycles. The second-order valence-corrected chi connectivity index (χ2v) is 9.98. The van der Waals surface area contributed by atoms with Gasteiger partial charge < -0.3 is 4.90 Å². The molecule has 156 valence electrons. The summed E-state index contributed by atoms with van der Waals surface area (Å²) in [7, 11) is -3.40. The van der Waals surface area contributed by atoms with Crippen LogP contribution in [-0.2, 0) is 16.6 Å². The number of hydrogen-bond donors (Lipinski definition) is 0. The zero-order chi connectivity index (χ0) is 20.3. The number of hydrogen-bond acceptors (Lipinski definition) is 5. The molecule has 29 heavy (non-hydrogen) atoms. The van der Waals surface area contributed by atoms with E-state index in [0.29, 0.717) is 24.0 Å². The molecule has 0 spiro atoms. The summed E-state index contributed by atoms with van der Waals surface area (Å²) >= 11 is 0. The fraction of sp³-hybridized carbons (Fsp3) is 0.500. The Hall–Kier alpha value is -1.96. The van der Waals surface area contributed by atoms with Gasteiger partial charge >= 0.3 is 0 Å². The highest BCUT2D eigenvalue weighted by Gasteiger charge is 2.28. The van der Waals surface area contributed by atoms with Crippen molar-refractivity contribution >= 4 is 15.8 Å². The fourth-order valence-corrected chi connectivity index (χ4v) is 5.64. The molecule has 6 nitrogen and oxygen atoms in total. The molecule has 0 amide bonds. The van der Waals surface area contributed by atoms with E-state index in [2.05, 4.69) is 52.0 Å². The van der Waals surface area contributed by atoms with Crippen molar-refractivity contribution in [3.63, 3.8) is 0 Å². The quantitative estimate of drug-likeness (QED) is 0.753. The highest BCUT2D eigenvalue weighted by molar-refractivity contribution is 7.89. The van der Waals surface area contributed by atoms with Gasteiger partial charge in [0, 0.05) is 51.5 Å². The van der Waals surface area contributed by atoms with E-state index in [9.17, 15) is 8.42 Å². The average Bonchev–Trinajstić information content (AvgIpc) is 3.23. The van der Waals surface area contributed by atoms with Crippen molar-refractivity contribution in [3.8, 4) is 0 Å². The summed E-state index contributed by atoms with van der Waals surface area (Å²) in [4.78, 5) is 9.61. The fourth-order valence-electron chi connectivity index (χ4n) is 4.18. The van der Waals surface area contributed by atoms with Crippen LogP contribution < -0.4 is 4.90 Å². The van der Waals surface area contributed by atoms with Crippen LogP contribution in [0.2, 0.25) is 0 Å². The standard InChI is InChI=1S/C22H30N4O2S/c1-19-11-14-24(15-16-25(19)18-20-7-3-2-4-8-20)22-10-9-21(17-23-22)29(27,28)26-12-5-6-13-26/h2-4,7-10,17,19H,5-6,11-16,18H2,1H3. The Labute approximate surface area is 174 Å². The normalized spacial score (nSPS) is 22.0. The highest BCUT2D eigenvalue weighted by atomic mass is 32.2. The lowest BCUT2D eigenvalue weighted by Crippen LogP contribution is -2.34. The Balaban J connectivity index is 1.42. The number of pyridine rings is 1. The maximum atomic E-state index is 12.7. The van der Waals surface area contributed by atoms with E-state index < -0.39 is 10.0 Å². The third kappa shape index (κ3) is 4.63. The predicted octanol–water partition coefficient (Wildman–Crippen LogP) is 2.97. The van der Waals surface area contributed by atoms with Crippen molar-refractivity contribution in [1.82, 2.24) is 14.2 Å². The zero-order valence-corrected chi connectivity index (χ0v) is 17.9. The van der Waals surface area contributed by atoms with Gasteiger partial charge in [0.15, 0.2) is 0 Å². The van der Waals surface area contributed by atoms with Crippen LogP contribution in [0, 0.1) is 0 Å². The minimum Gasteiger partial charge on any atom is -0.355 e. The largest absolute Gasteiger partial charge is 0.355 e. The summed E-state index contributed by atoms with van der Waals surface area (Å²) in [5.41, 5.74) is 1.34. The van der Waals surface area contributed by atoms with E-state index >= 15 is 0 Å². The van der Waals surface area contributed by atoms with Crippen molar-refractivity contribution in [3.05, 3.63) is 54.2 Å². The number of nitrogens with zero attached hydrogens (tertiary/aromatic N) is 4. The number of rotatable bonds is 5. The molecule has 1 aromatic heterocycles. The van der Waals surface area contributed by atoms with Crippen LogP contribution in [0.1, 0.15) is 31.7 Å². The Morgan fingerprint density at radius 3 is 2.41 bits per heavy atom.